The van der Waals surface area contributed by atoms with Crippen LogP contribution >= 0.6 is 0 Å². The zero-order chi connectivity index (χ0) is 28.5. The molecule has 0 radical (unpaired) electrons. The van der Waals surface area contributed by atoms with E-state index in [1.54, 1.807) is 12.1 Å². The molecule has 6 aromatic rings. The Kier molecular flexibility index (Phi) is 6.42. The molecule has 1 aliphatic rings. The van der Waals surface area contributed by atoms with Gasteiger partial charge in [0.05, 0.1) is 0 Å². The molecule has 0 fully saturated rings. The average Bonchev–Trinajstić information content (AvgIpc) is 3.06. The second-order valence-corrected chi connectivity index (χ2v) is 10.1. The van der Waals surface area contributed by atoms with Crippen LogP contribution in [0.3, 0.4) is 0 Å². The molecule has 0 amide bonds. The summed E-state index contributed by atoms with van der Waals surface area (Å²) >= 11 is 0. The quantitative estimate of drug-likeness (QED) is 0.210. The Morgan fingerprint density at radius 3 is 0.857 bits per heavy atom. The van der Waals surface area contributed by atoms with Gasteiger partial charge in [0, 0.05) is 56.4 Å². The van der Waals surface area contributed by atoms with E-state index in [1.165, 1.54) is 0 Å². The van der Waals surface area contributed by atoms with Gasteiger partial charge in [-0.1, -0.05) is 72.8 Å². The van der Waals surface area contributed by atoms with Crippen LogP contribution in [0.15, 0.2) is 158 Å². The highest BCUT2D eigenvalue weighted by Crippen LogP contribution is 2.40. The van der Waals surface area contributed by atoms with Gasteiger partial charge in [-0.3, -0.25) is 9.59 Å². The molecule has 1 aliphatic carbocycles. The highest BCUT2D eigenvalue weighted by Gasteiger charge is 2.31. The predicted octanol–water partition coefficient (Wildman–Crippen LogP) is 9.40. The first-order chi connectivity index (χ1) is 20.7. The number of fused-ring (bicyclic) bond motifs is 2. The molecule has 6 aromatic carbocycles. The van der Waals surface area contributed by atoms with Gasteiger partial charge in [-0.25, -0.2) is 0 Å². The monoisotopic (exact) mass is 542 g/mol. The summed E-state index contributed by atoms with van der Waals surface area (Å²) in [7, 11) is 0. The summed E-state index contributed by atoms with van der Waals surface area (Å²) in [5, 5.41) is 0. The van der Waals surface area contributed by atoms with E-state index in [9.17, 15) is 9.59 Å². The fraction of sp³-hybridized carbons (Fsp3) is 0. The second-order valence-electron chi connectivity index (χ2n) is 10.1. The van der Waals surface area contributed by atoms with Crippen molar-refractivity contribution in [2.45, 2.75) is 0 Å². The maximum atomic E-state index is 13.9. The molecule has 0 N–H and O–H groups in total. The second kappa shape index (κ2) is 10.7. The van der Waals surface area contributed by atoms with E-state index in [0.29, 0.717) is 22.3 Å². The molecule has 0 aliphatic heterocycles. The van der Waals surface area contributed by atoms with Gasteiger partial charge in [0.15, 0.2) is 11.6 Å². The van der Waals surface area contributed by atoms with Crippen LogP contribution in [0.25, 0.3) is 0 Å². The van der Waals surface area contributed by atoms with Crippen LogP contribution in [0, 0.1) is 0 Å². The van der Waals surface area contributed by atoms with Crippen LogP contribution < -0.4 is 9.80 Å². The normalized spacial score (nSPS) is 11.9. The number of para-hydroxylation sites is 4. The third-order valence-corrected chi connectivity index (χ3v) is 7.56. The molecule has 0 aromatic heterocycles. The number of nitrogens with zero attached hydrogens (tertiary/aromatic N) is 2. The van der Waals surface area contributed by atoms with Gasteiger partial charge in [-0.2, -0.15) is 0 Å². The van der Waals surface area contributed by atoms with Crippen molar-refractivity contribution in [3.05, 3.63) is 180 Å². The van der Waals surface area contributed by atoms with Crippen molar-refractivity contribution in [1.82, 2.24) is 0 Å². The largest absolute Gasteiger partial charge is 0.310 e. The third kappa shape index (κ3) is 4.45. The molecular weight excluding hydrogens is 516 g/mol. The lowest BCUT2D eigenvalue weighted by Gasteiger charge is -2.28. The Hall–Kier alpha value is -5.74. The molecule has 0 saturated carbocycles. The molecule has 4 nitrogen and oxygen atoms in total. The Morgan fingerprint density at radius 1 is 0.286 bits per heavy atom. The van der Waals surface area contributed by atoms with Crippen molar-refractivity contribution in [2.75, 3.05) is 9.80 Å². The minimum atomic E-state index is -0.153. The van der Waals surface area contributed by atoms with E-state index in [1.807, 2.05) is 146 Å². The maximum absolute atomic E-state index is 13.9. The first-order valence-electron chi connectivity index (χ1n) is 13.9. The zero-order valence-electron chi connectivity index (χ0n) is 22.7. The van der Waals surface area contributed by atoms with Crippen molar-refractivity contribution in [3.8, 4) is 0 Å². The fourth-order valence-corrected chi connectivity index (χ4v) is 5.61. The lowest BCUT2D eigenvalue weighted by Crippen LogP contribution is -2.22. The molecule has 0 spiro atoms. The minimum absolute atomic E-state index is 0.153. The van der Waals surface area contributed by atoms with Gasteiger partial charge in [0.1, 0.15) is 0 Å². The Labute approximate surface area is 244 Å². The van der Waals surface area contributed by atoms with Gasteiger partial charge >= 0.3 is 0 Å². The van der Waals surface area contributed by atoms with E-state index in [2.05, 4.69) is 9.80 Å². The van der Waals surface area contributed by atoms with Crippen molar-refractivity contribution >= 4 is 45.7 Å². The van der Waals surface area contributed by atoms with E-state index in [0.717, 1.165) is 34.1 Å². The molecule has 0 atom stereocenters. The van der Waals surface area contributed by atoms with Crippen LogP contribution in [0.5, 0.6) is 0 Å². The van der Waals surface area contributed by atoms with E-state index in [4.69, 9.17) is 0 Å². The van der Waals surface area contributed by atoms with Crippen molar-refractivity contribution in [2.24, 2.45) is 0 Å². The SMILES string of the molecule is O=C1c2ccc(N(c3ccccc3)c3ccccc3)cc2C(=O)c2ccc(N(c3ccccc3)c3ccccc3)cc21. The number of hydrogen-bond acceptors (Lipinski definition) is 4. The summed E-state index contributed by atoms with van der Waals surface area (Å²) < 4.78 is 0. The van der Waals surface area contributed by atoms with Gasteiger partial charge in [0.2, 0.25) is 0 Å². The molecule has 42 heavy (non-hydrogen) atoms. The molecule has 0 heterocycles. The van der Waals surface area contributed by atoms with Crippen molar-refractivity contribution in [3.63, 3.8) is 0 Å². The first kappa shape index (κ1) is 25.2. The number of carbonyl (C=O) groups excluding carboxylic acids is 2. The lowest BCUT2D eigenvalue weighted by atomic mass is 9.83. The molecule has 7 rings (SSSR count). The lowest BCUT2D eigenvalue weighted by molar-refractivity contribution is 0.0979. The smallest absolute Gasteiger partial charge is 0.194 e. The fourth-order valence-electron chi connectivity index (χ4n) is 5.61. The molecule has 0 saturated heterocycles. The Morgan fingerprint density at radius 2 is 0.571 bits per heavy atom. The number of rotatable bonds is 6. The van der Waals surface area contributed by atoms with Crippen LogP contribution in [-0.2, 0) is 0 Å². The summed E-state index contributed by atoms with van der Waals surface area (Å²) in [6.45, 7) is 0. The molecule has 0 bridgehead atoms. The van der Waals surface area contributed by atoms with Gasteiger partial charge in [-0.05, 0) is 84.9 Å². The van der Waals surface area contributed by atoms with Crippen molar-refractivity contribution < 1.29 is 9.59 Å². The van der Waals surface area contributed by atoms with Crippen LogP contribution in [-0.4, -0.2) is 11.6 Å². The molecular formula is C38H26N2O2. The highest BCUT2D eigenvalue weighted by molar-refractivity contribution is 6.29. The highest BCUT2D eigenvalue weighted by atomic mass is 16.1. The maximum Gasteiger partial charge on any atom is 0.194 e. The zero-order valence-corrected chi connectivity index (χ0v) is 22.7. The third-order valence-electron chi connectivity index (χ3n) is 7.56. The van der Waals surface area contributed by atoms with E-state index < -0.39 is 0 Å². The molecule has 0 unspecified atom stereocenters. The van der Waals surface area contributed by atoms with Gasteiger partial charge < -0.3 is 9.80 Å². The van der Waals surface area contributed by atoms with E-state index >= 15 is 0 Å². The number of ketones is 2. The first-order valence-corrected chi connectivity index (χ1v) is 13.9. The number of hydrogen-bond donors (Lipinski definition) is 0. The summed E-state index contributed by atoms with van der Waals surface area (Å²) in [5.74, 6) is -0.305. The van der Waals surface area contributed by atoms with Gasteiger partial charge in [0.25, 0.3) is 0 Å². The van der Waals surface area contributed by atoms with Gasteiger partial charge in [-0.15, -0.1) is 0 Å². The number of carbonyl (C=O) groups is 2. The van der Waals surface area contributed by atoms with Crippen LogP contribution in [0.1, 0.15) is 31.8 Å². The number of benzene rings is 6. The molecule has 200 valence electrons. The minimum Gasteiger partial charge on any atom is -0.310 e. The predicted molar refractivity (Wildman–Crippen MR) is 169 cm³/mol. The Bertz CT molecular complexity index is 1680. The number of anilines is 6. The average molecular weight is 543 g/mol. The molecule has 4 heteroatoms. The van der Waals surface area contributed by atoms with Crippen molar-refractivity contribution in [1.29, 1.82) is 0 Å². The summed E-state index contributed by atoms with van der Waals surface area (Å²) in [5.41, 5.74) is 7.14. The summed E-state index contributed by atoms with van der Waals surface area (Å²) in [6, 6.07) is 51.1. The summed E-state index contributed by atoms with van der Waals surface area (Å²) in [6.07, 6.45) is 0. The van der Waals surface area contributed by atoms with Crippen LogP contribution in [0.4, 0.5) is 34.1 Å². The van der Waals surface area contributed by atoms with E-state index in [-0.39, 0.29) is 11.6 Å². The topological polar surface area (TPSA) is 40.6 Å². The Balaban J connectivity index is 1.31. The summed E-state index contributed by atoms with van der Waals surface area (Å²) in [4.78, 5) is 32.1. The van der Waals surface area contributed by atoms with Crippen LogP contribution in [0.2, 0.25) is 0 Å². The standard InChI is InChI=1S/C38H26N2O2/c41-37-34-24-22-32(40(29-17-9-3-10-18-29)30-19-11-4-12-20-30)26-36(34)38(42)33-23-21-31(25-35(33)37)39(27-13-5-1-6-14-27)28-15-7-2-8-16-28/h1-26H.